The number of esters is 4. The van der Waals surface area contributed by atoms with Gasteiger partial charge in [0.1, 0.15) is 42.2 Å². The Morgan fingerprint density at radius 3 is 1.53 bits per heavy atom. The van der Waals surface area contributed by atoms with Crippen molar-refractivity contribution in [2.45, 2.75) is 95.8 Å². The van der Waals surface area contributed by atoms with Gasteiger partial charge in [-0.25, -0.2) is 8.42 Å². The zero-order chi connectivity index (χ0) is 38.2. The van der Waals surface area contributed by atoms with Crippen LogP contribution in [0.3, 0.4) is 0 Å². The van der Waals surface area contributed by atoms with Gasteiger partial charge in [0.05, 0.1) is 24.8 Å². The lowest BCUT2D eigenvalue weighted by Gasteiger charge is -2.24. The van der Waals surface area contributed by atoms with Gasteiger partial charge in [0.25, 0.3) is 0 Å². The van der Waals surface area contributed by atoms with Crippen molar-refractivity contribution in [3.05, 3.63) is 96.1 Å². The molecule has 13 nitrogen and oxygen atoms in total. The summed E-state index contributed by atoms with van der Waals surface area (Å²) in [6.07, 6.45) is -0.709. The first-order valence-corrected chi connectivity index (χ1v) is 17.5. The van der Waals surface area contributed by atoms with E-state index in [0.717, 1.165) is 11.1 Å². The zero-order valence-electron chi connectivity index (χ0n) is 30.0. The van der Waals surface area contributed by atoms with Gasteiger partial charge in [-0.15, -0.1) is 0 Å². The van der Waals surface area contributed by atoms with E-state index in [1.54, 1.807) is 65.8 Å². The summed E-state index contributed by atoms with van der Waals surface area (Å²) >= 11 is 0. The molecule has 3 aromatic carbocycles. The standard InChI is InChI=1S/C22H27NO7S.C15H21NO4/c1-22(2,3)30-21(25)19(14-20(24)29-15-16-8-6-5-7-9-16)23-31(26,27)18-12-10-17(28-4)11-13-18;1-15(2,3)20-14(18)12(16)9-13(17)19-10-11-7-5-4-6-8-11/h5-13,19,23H,14-15H2,1-4H3;4-8,12H,9-10,16H2,1-3H3. The second kappa shape index (κ2) is 19.6. The topological polar surface area (TPSA) is 187 Å². The first-order chi connectivity index (χ1) is 23.8. The summed E-state index contributed by atoms with van der Waals surface area (Å²) in [7, 11) is -2.65. The van der Waals surface area contributed by atoms with E-state index in [1.165, 1.54) is 31.4 Å². The molecule has 0 aliphatic rings. The summed E-state index contributed by atoms with van der Waals surface area (Å²) in [4.78, 5) is 48.0. The van der Waals surface area contributed by atoms with E-state index in [9.17, 15) is 27.6 Å². The minimum atomic E-state index is -4.11. The van der Waals surface area contributed by atoms with Crippen LogP contribution in [0.2, 0.25) is 0 Å². The zero-order valence-corrected chi connectivity index (χ0v) is 30.9. The van der Waals surface area contributed by atoms with Crippen molar-refractivity contribution in [1.82, 2.24) is 4.72 Å². The summed E-state index contributed by atoms with van der Waals surface area (Å²) in [5.41, 5.74) is 5.78. The van der Waals surface area contributed by atoms with E-state index in [0.29, 0.717) is 5.75 Å². The molecule has 2 unspecified atom stereocenters. The molecule has 0 saturated carbocycles. The van der Waals surface area contributed by atoms with Gasteiger partial charge in [-0.2, -0.15) is 4.72 Å². The lowest BCUT2D eigenvalue weighted by atomic mass is 10.1. The van der Waals surface area contributed by atoms with Gasteiger partial charge in [0.2, 0.25) is 10.0 Å². The van der Waals surface area contributed by atoms with Crippen LogP contribution in [0.15, 0.2) is 89.8 Å². The smallest absolute Gasteiger partial charge is 0.325 e. The molecule has 51 heavy (non-hydrogen) atoms. The molecule has 0 aliphatic carbocycles. The second-order valence-electron chi connectivity index (χ2n) is 13.2. The molecule has 14 heteroatoms. The fourth-order valence-corrected chi connectivity index (χ4v) is 5.14. The Morgan fingerprint density at radius 1 is 0.667 bits per heavy atom. The van der Waals surface area contributed by atoms with Gasteiger partial charge in [-0.3, -0.25) is 19.2 Å². The Balaban J connectivity index is 0.000000389. The fraction of sp³-hybridized carbons (Fsp3) is 0.405. The molecule has 0 aromatic heterocycles. The van der Waals surface area contributed by atoms with E-state index in [1.807, 2.05) is 36.4 Å². The summed E-state index contributed by atoms with van der Waals surface area (Å²) < 4.78 is 53.4. The quantitative estimate of drug-likeness (QED) is 0.174. The average molecular weight is 729 g/mol. The Bertz CT molecular complexity index is 1670. The van der Waals surface area contributed by atoms with Crippen LogP contribution in [-0.4, -0.2) is 62.7 Å². The van der Waals surface area contributed by atoms with Crippen molar-refractivity contribution < 1.29 is 51.3 Å². The number of nitrogens with one attached hydrogen (secondary N) is 1. The molecular formula is C37H48N2O11S. The molecule has 2 atom stereocenters. The number of carbonyl (C=O) groups is 4. The van der Waals surface area contributed by atoms with Crippen LogP contribution in [0.4, 0.5) is 0 Å². The lowest BCUT2D eigenvalue weighted by Crippen LogP contribution is -2.45. The van der Waals surface area contributed by atoms with Crippen molar-refractivity contribution in [3.63, 3.8) is 0 Å². The molecule has 0 heterocycles. The highest BCUT2D eigenvalue weighted by atomic mass is 32.2. The number of rotatable bonds is 14. The van der Waals surface area contributed by atoms with Crippen molar-refractivity contribution >= 4 is 33.9 Å². The number of hydrogen-bond acceptors (Lipinski definition) is 12. The predicted octanol–water partition coefficient (Wildman–Crippen LogP) is 4.61. The largest absolute Gasteiger partial charge is 0.497 e. The summed E-state index contributed by atoms with van der Waals surface area (Å²) in [6.45, 7) is 10.3. The Hall–Kier alpha value is -4.79. The van der Waals surface area contributed by atoms with Crippen LogP contribution in [0.1, 0.15) is 65.5 Å². The number of methoxy groups -OCH3 is 1. The SMILES string of the molecule is CC(C)(C)OC(=O)C(N)CC(=O)OCc1ccccc1.COc1ccc(S(=O)(=O)NC(CC(=O)OCc2ccccc2)C(=O)OC(C)(C)C)cc1. The molecule has 0 saturated heterocycles. The van der Waals surface area contributed by atoms with Crippen LogP contribution >= 0.6 is 0 Å². The summed E-state index contributed by atoms with van der Waals surface area (Å²) in [6, 6.07) is 21.5. The minimum absolute atomic E-state index is 0.00589. The van der Waals surface area contributed by atoms with Crippen LogP contribution in [0.25, 0.3) is 0 Å². The van der Waals surface area contributed by atoms with Gasteiger partial charge in [-0.1, -0.05) is 60.7 Å². The van der Waals surface area contributed by atoms with Gasteiger partial charge in [-0.05, 0) is 76.9 Å². The number of benzene rings is 3. The van der Waals surface area contributed by atoms with Gasteiger partial charge in [0, 0.05) is 0 Å². The Kier molecular flexibility index (Phi) is 16.3. The summed E-state index contributed by atoms with van der Waals surface area (Å²) in [5.74, 6) is -2.26. The van der Waals surface area contributed by atoms with E-state index in [4.69, 9.17) is 29.4 Å². The van der Waals surface area contributed by atoms with Crippen LogP contribution in [-0.2, 0) is 61.4 Å². The molecule has 0 amide bonds. The first-order valence-electron chi connectivity index (χ1n) is 16.0. The number of sulfonamides is 1. The molecule has 3 aromatic rings. The summed E-state index contributed by atoms with van der Waals surface area (Å²) in [5, 5.41) is 0. The highest BCUT2D eigenvalue weighted by molar-refractivity contribution is 7.89. The molecule has 0 radical (unpaired) electrons. The fourth-order valence-electron chi connectivity index (χ4n) is 3.96. The lowest BCUT2D eigenvalue weighted by molar-refractivity contribution is -0.160. The van der Waals surface area contributed by atoms with Crippen LogP contribution < -0.4 is 15.2 Å². The molecule has 0 spiro atoms. The molecule has 0 aliphatic heterocycles. The molecule has 278 valence electrons. The highest BCUT2D eigenvalue weighted by Gasteiger charge is 2.32. The van der Waals surface area contributed by atoms with Gasteiger partial charge >= 0.3 is 23.9 Å². The predicted molar refractivity (Wildman–Crippen MR) is 188 cm³/mol. The molecule has 0 fully saturated rings. The van der Waals surface area contributed by atoms with Crippen molar-refractivity contribution in [3.8, 4) is 5.75 Å². The number of hydrogen-bond donors (Lipinski definition) is 2. The first kappa shape index (κ1) is 42.4. The minimum Gasteiger partial charge on any atom is -0.497 e. The Labute approximate surface area is 299 Å². The van der Waals surface area contributed by atoms with Crippen molar-refractivity contribution in [2.24, 2.45) is 5.73 Å². The highest BCUT2D eigenvalue weighted by Crippen LogP contribution is 2.18. The molecule has 3 N–H and O–H groups in total. The van der Waals surface area contributed by atoms with Crippen molar-refractivity contribution in [1.29, 1.82) is 0 Å². The van der Waals surface area contributed by atoms with E-state index in [-0.39, 0.29) is 24.5 Å². The van der Waals surface area contributed by atoms with E-state index in [2.05, 4.69) is 4.72 Å². The number of ether oxygens (including phenoxy) is 5. The monoisotopic (exact) mass is 728 g/mol. The number of carbonyl (C=O) groups excluding carboxylic acids is 4. The normalized spacial score (nSPS) is 12.6. The van der Waals surface area contributed by atoms with E-state index < -0.39 is 63.6 Å². The third-order valence-electron chi connectivity index (χ3n) is 6.31. The third-order valence-corrected chi connectivity index (χ3v) is 7.80. The molecule has 0 bridgehead atoms. The van der Waals surface area contributed by atoms with Crippen LogP contribution in [0.5, 0.6) is 5.75 Å². The Morgan fingerprint density at radius 2 is 1.10 bits per heavy atom. The average Bonchev–Trinajstić information content (AvgIpc) is 3.05. The van der Waals surface area contributed by atoms with Crippen molar-refractivity contribution in [2.75, 3.05) is 7.11 Å². The van der Waals surface area contributed by atoms with E-state index >= 15 is 0 Å². The molecular weight excluding hydrogens is 680 g/mol. The maximum Gasteiger partial charge on any atom is 0.325 e. The van der Waals surface area contributed by atoms with Gasteiger partial charge < -0.3 is 29.4 Å². The molecule has 3 rings (SSSR count). The van der Waals surface area contributed by atoms with Crippen LogP contribution in [0, 0.1) is 0 Å². The third kappa shape index (κ3) is 17.1. The number of nitrogens with two attached hydrogens (primary N) is 1. The van der Waals surface area contributed by atoms with Gasteiger partial charge in [0.15, 0.2) is 0 Å². The maximum absolute atomic E-state index is 12.8. The second-order valence-corrected chi connectivity index (χ2v) is 14.9. The maximum atomic E-state index is 12.8.